The molecule has 2 nitrogen and oxygen atoms in total. The van der Waals surface area contributed by atoms with Crippen LogP contribution in [0.15, 0.2) is 53.1 Å². The molecular formula is C17H23NO. The van der Waals surface area contributed by atoms with E-state index in [2.05, 4.69) is 49.5 Å². The molecule has 0 aliphatic carbocycles. The Labute approximate surface area is 115 Å². The summed E-state index contributed by atoms with van der Waals surface area (Å²) in [4.78, 5) is 0. The Morgan fingerprint density at radius 2 is 1.89 bits per heavy atom. The molecule has 0 aliphatic rings. The minimum Gasteiger partial charge on any atom is -0.468 e. The zero-order chi connectivity index (χ0) is 13.5. The molecule has 1 N–H and O–H groups in total. The van der Waals surface area contributed by atoms with E-state index < -0.39 is 0 Å². The maximum Gasteiger partial charge on any atom is 0.120 e. The number of nitrogens with one attached hydrogen (secondary N) is 1. The Kier molecular flexibility index (Phi) is 5.22. The van der Waals surface area contributed by atoms with Crippen molar-refractivity contribution in [1.82, 2.24) is 5.32 Å². The molecule has 2 heteroatoms. The van der Waals surface area contributed by atoms with E-state index in [1.54, 1.807) is 6.26 Å². The summed E-state index contributed by atoms with van der Waals surface area (Å²) in [5.74, 6) is 0.998. The second-order valence-corrected chi connectivity index (χ2v) is 5.01. The minimum atomic E-state index is 0.233. The summed E-state index contributed by atoms with van der Waals surface area (Å²) in [6.07, 6.45) is 5.35. The first kappa shape index (κ1) is 13.9. The molecule has 102 valence electrons. The lowest BCUT2D eigenvalue weighted by Gasteiger charge is -2.22. The van der Waals surface area contributed by atoms with Crippen molar-refractivity contribution < 1.29 is 4.42 Å². The van der Waals surface area contributed by atoms with E-state index in [1.165, 1.54) is 18.4 Å². The number of unbranched alkanes of at least 4 members (excludes halogenated alkanes) is 1. The third kappa shape index (κ3) is 3.97. The average molecular weight is 257 g/mol. The molecule has 2 aromatic rings. The third-order valence-corrected chi connectivity index (χ3v) is 3.47. The Hall–Kier alpha value is -1.54. The molecule has 1 aromatic heterocycles. The predicted molar refractivity (Wildman–Crippen MR) is 79.0 cm³/mol. The normalized spacial score (nSPS) is 14.2. The van der Waals surface area contributed by atoms with Gasteiger partial charge in [0.15, 0.2) is 0 Å². The van der Waals surface area contributed by atoms with Crippen LogP contribution in [0.1, 0.15) is 56.5 Å². The number of rotatable bonds is 7. The van der Waals surface area contributed by atoms with Crippen molar-refractivity contribution in [2.45, 2.75) is 45.2 Å². The Bertz CT molecular complexity index is 449. The first-order valence-electron chi connectivity index (χ1n) is 7.15. The van der Waals surface area contributed by atoms with E-state index in [4.69, 9.17) is 4.42 Å². The Balaban J connectivity index is 2.05. The fraction of sp³-hybridized carbons (Fsp3) is 0.412. The topological polar surface area (TPSA) is 25.2 Å². The molecule has 0 saturated heterocycles. The summed E-state index contributed by atoms with van der Waals surface area (Å²) >= 11 is 0. The van der Waals surface area contributed by atoms with Crippen LogP contribution < -0.4 is 5.32 Å². The van der Waals surface area contributed by atoms with Gasteiger partial charge in [0, 0.05) is 6.04 Å². The standard InChI is InChI=1S/C17H23NO/c1-3-4-11-16(15-9-6-5-7-10-15)18-14(2)17-12-8-13-19-17/h5-10,12-14,16,18H,3-4,11H2,1-2H3/t14-,16?/m1/s1. The van der Waals surface area contributed by atoms with E-state index in [-0.39, 0.29) is 6.04 Å². The zero-order valence-corrected chi connectivity index (χ0v) is 11.8. The van der Waals surface area contributed by atoms with E-state index >= 15 is 0 Å². The van der Waals surface area contributed by atoms with Crippen LogP contribution in [-0.2, 0) is 0 Å². The maximum absolute atomic E-state index is 5.47. The molecule has 1 aromatic carbocycles. The number of benzene rings is 1. The van der Waals surface area contributed by atoms with Crippen molar-refractivity contribution >= 4 is 0 Å². The Morgan fingerprint density at radius 3 is 2.53 bits per heavy atom. The fourth-order valence-electron chi connectivity index (χ4n) is 2.36. The van der Waals surface area contributed by atoms with E-state index in [1.807, 2.05) is 12.1 Å². The lowest BCUT2D eigenvalue weighted by atomic mass is 10.00. The summed E-state index contributed by atoms with van der Waals surface area (Å²) in [7, 11) is 0. The first-order valence-corrected chi connectivity index (χ1v) is 7.15. The van der Waals surface area contributed by atoms with E-state index in [0.717, 1.165) is 12.2 Å². The molecule has 2 atom stereocenters. The van der Waals surface area contributed by atoms with Crippen LogP contribution in [0.25, 0.3) is 0 Å². The van der Waals surface area contributed by atoms with Gasteiger partial charge < -0.3 is 9.73 Å². The second kappa shape index (κ2) is 7.15. The van der Waals surface area contributed by atoms with Crippen molar-refractivity contribution in [1.29, 1.82) is 0 Å². The number of hydrogen-bond donors (Lipinski definition) is 1. The van der Waals surface area contributed by atoms with Crippen LogP contribution in [0, 0.1) is 0 Å². The quantitative estimate of drug-likeness (QED) is 0.766. The SMILES string of the molecule is CCCCC(N[C@H](C)c1ccco1)c1ccccc1. The van der Waals surface area contributed by atoms with Gasteiger partial charge in [0.1, 0.15) is 5.76 Å². The van der Waals surface area contributed by atoms with Crippen LogP contribution in [0.4, 0.5) is 0 Å². The largest absolute Gasteiger partial charge is 0.468 e. The van der Waals surface area contributed by atoms with Gasteiger partial charge in [-0.05, 0) is 31.0 Å². The molecule has 0 saturated carbocycles. The van der Waals surface area contributed by atoms with Gasteiger partial charge in [0.25, 0.3) is 0 Å². The van der Waals surface area contributed by atoms with Crippen molar-refractivity contribution in [2.75, 3.05) is 0 Å². The highest BCUT2D eigenvalue weighted by Crippen LogP contribution is 2.24. The summed E-state index contributed by atoms with van der Waals surface area (Å²) in [5.41, 5.74) is 1.36. The lowest BCUT2D eigenvalue weighted by molar-refractivity contribution is 0.376. The highest BCUT2D eigenvalue weighted by Gasteiger charge is 2.16. The van der Waals surface area contributed by atoms with Gasteiger partial charge in [-0.2, -0.15) is 0 Å². The van der Waals surface area contributed by atoms with Crippen LogP contribution in [-0.4, -0.2) is 0 Å². The van der Waals surface area contributed by atoms with Gasteiger partial charge in [-0.3, -0.25) is 0 Å². The number of hydrogen-bond acceptors (Lipinski definition) is 2. The maximum atomic E-state index is 5.47. The monoisotopic (exact) mass is 257 g/mol. The molecule has 1 heterocycles. The zero-order valence-electron chi connectivity index (χ0n) is 11.8. The van der Waals surface area contributed by atoms with Gasteiger partial charge in [0.05, 0.1) is 12.3 Å². The molecule has 0 amide bonds. The lowest BCUT2D eigenvalue weighted by Crippen LogP contribution is -2.24. The molecule has 0 fully saturated rings. The predicted octanol–water partition coefficient (Wildman–Crippen LogP) is 4.86. The highest BCUT2D eigenvalue weighted by molar-refractivity contribution is 5.19. The van der Waals surface area contributed by atoms with Crippen LogP contribution in [0.5, 0.6) is 0 Å². The van der Waals surface area contributed by atoms with Crippen molar-refractivity contribution in [3.8, 4) is 0 Å². The first-order chi connectivity index (χ1) is 9.31. The minimum absolute atomic E-state index is 0.233. The molecule has 0 radical (unpaired) electrons. The van der Waals surface area contributed by atoms with Crippen LogP contribution in [0.2, 0.25) is 0 Å². The molecule has 1 unspecified atom stereocenters. The smallest absolute Gasteiger partial charge is 0.120 e. The summed E-state index contributed by atoms with van der Waals surface area (Å²) in [5, 5.41) is 3.68. The van der Waals surface area contributed by atoms with Crippen molar-refractivity contribution in [2.24, 2.45) is 0 Å². The molecule has 2 rings (SSSR count). The fourth-order valence-corrected chi connectivity index (χ4v) is 2.36. The van der Waals surface area contributed by atoms with Crippen molar-refractivity contribution in [3.63, 3.8) is 0 Å². The number of furan rings is 1. The average Bonchev–Trinajstić information content (AvgIpc) is 2.98. The van der Waals surface area contributed by atoms with Gasteiger partial charge in [-0.15, -0.1) is 0 Å². The Morgan fingerprint density at radius 1 is 1.11 bits per heavy atom. The molecule has 0 spiro atoms. The highest BCUT2D eigenvalue weighted by atomic mass is 16.3. The van der Waals surface area contributed by atoms with Crippen LogP contribution in [0.3, 0.4) is 0 Å². The molecule has 0 bridgehead atoms. The summed E-state index contributed by atoms with van der Waals surface area (Å²) < 4.78 is 5.47. The molecule has 19 heavy (non-hydrogen) atoms. The van der Waals surface area contributed by atoms with Crippen molar-refractivity contribution in [3.05, 3.63) is 60.1 Å². The summed E-state index contributed by atoms with van der Waals surface area (Å²) in [6.45, 7) is 4.39. The molecular weight excluding hydrogens is 234 g/mol. The van der Waals surface area contributed by atoms with E-state index in [0.29, 0.717) is 6.04 Å². The second-order valence-electron chi connectivity index (χ2n) is 5.01. The van der Waals surface area contributed by atoms with Gasteiger partial charge in [0.2, 0.25) is 0 Å². The van der Waals surface area contributed by atoms with E-state index in [9.17, 15) is 0 Å². The van der Waals surface area contributed by atoms with Gasteiger partial charge in [-0.25, -0.2) is 0 Å². The van der Waals surface area contributed by atoms with Crippen LogP contribution >= 0.6 is 0 Å². The molecule has 0 aliphatic heterocycles. The summed E-state index contributed by atoms with van der Waals surface area (Å²) in [6, 6.07) is 15.3. The van der Waals surface area contributed by atoms with Gasteiger partial charge >= 0.3 is 0 Å². The third-order valence-electron chi connectivity index (χ3n) is 3.47. The van der Waals surface area contributed by atoms with Gasteiger partial charge in [-0.1, -0.05) is 50.1 Å².